The first-order valence-electron chi connectivity index (χ1n) is 25.8. The van der Waals surface area contributed by atoms with Gasteiger partial charge in [0.25, 0.3) is 0 Å². The number of likely N-dealkylation sites (tertiary alicyclic amines) is 2. The van der Waals surface area contributed by atoms with Crippen LogP contribution >= 0.6 is 0 Å². The van der Waals surface area contributed by atoms with Crippen molar-refractivity contribution in [1.29, 1.82) is 0 Å². The molecule has 0 aliphatic carbocycles. The van der Waals surface area contributed by atoms with Crippen LogP contribution in [-0.2, 0) is 41.9 Å². The van der Waals surface area contributed by atoms with Crippen molar-refractivity contribution in [2.75, 3.05) is 39.5 Å². The summed E-state index contributed by atoms with van der Waals surface area (Å²) in [6.45, 7) is 10.0. The van der Waals surface area contributed by atoms with Crippen LogP contribution in [0.4, 0.5) is 0 Å². The van der Waals surface area contributed by atoms with E-state index in [-0.39, 0.29) is 47.5 Å². The predicted molar refractivity (Wildman–Crippen MR) is 273 cm³/mol. The third-order valence-corrected chi connectivity index (χ3v) is 15.3. The van der Waals surface area contributed by atoms with Gasteiger partial charge in [-0.3, -0.25) is 19.2 Å². The molecule has 4 amide bonds. The number of H-pyrrole nitrogens is 2. The molecule has 0 spiro atoms. The molecule has 16 heteroatoms. The van der Waals surface area contributed by atoms with E-state index in [1.807, 2.05) is 83.6 Å². The summed E-state index contributed by atoms with van der Waals surface area (Å²) in [7, 11) is 0. The number of hydrogen-bond acceptors (Lipinski definition) is 10. The standard InChI is InChI=1S/C57H62N8O8/c1-3-4-6-11-34(2)50(62-54(66)36-16-22-70-23-17-36)56(68)64-20-9-14-44(64)52-58-30-42(60-52)38-26-40-32-73-47-29-39(27-41-33-72-46(28-38)48(40)49(41)47)43-31-59-53(61-43)45-15-10-21-65(45)57(69)51(35-12-7-5-8-13-35)63-55(67)37-18-24-71-25-19-37/h3-8,11-13,26-31,36-37,44-45,50-51H,2,9-10,14-25,32-33H2,1H3,(H,58,60)(H,59,61)(H,62,66)(H,63,67)/b4-3-,11-6-/t44-,45-,50+,51+/m0/s1. The van der Waals surface area contributed by atoms with Crippen molar-refractivity contribution in [3.63, 3.8) is 0 Å². The highest BCUT2D eigenvalue weighted by Crippen LogP contribution is 2.51. The summed E-state index contributed by atoms with van der Waals surface area (Å²) in [5, 5.41) is 6.16. The van der Waals surface area contributed by atoms with Crippen molar-refractivity contribution in [1.82, 2.24) is 40.4 Å². The van der Waals surface area contributed by atoms with Gasteiger partial charge in [-0.2, -0.15) is 0 Å². The maximum absolute atomic E-state index is 14.5. The molecule has 0 bridgehead atoms. The second-order valence-electron chi connectivity index (χ2n) is 19.9. The smallest absolute Gasteiger partial charge is 0.250 e. The van der Waals surface area contributed by atoms with Crippen molar-refractivity contribution in [3.05, 3.63) is 132 Å². The van der Waals surface area contributed by atoms with E-state index < -0.39 is 12.1 Å². The van der Waals surface area contributed by atoms with Crippen LogP contribution in [-0.4, -0.2) is 98.9 Å². The number of amides is 4. The number of benzene rings is 3. The van der Waals surface area contributed by atoms with Gasteiger partial charge in [0.2, 0.25) is 23.6 Å². The predicted octanol–water partition coefficient (Wildman–Crippen LogP) is 8.13. The number of carbonyl (C=O) groups is 4. The molecule has 11 rings (SSSR count). The maximum Gasteiger partial charge on any atom is 0.250 e. The first-order chi connectivity index (χ1) is 35.7. The van der Waals surface area contributed by atoms with Crippen LogP contribution in [0.3, 0.4) is 0 Å². The van der Waals surface area contributed by atoms with Crippen molar-refractivity contribution in [2.24, 2.45) is 11.8 Å². The number of carbonyl (C=O) groups excluding carboxylic acids is 4. The lowest BCUT2D eigenvalue weighted by molar-refractivity contribution is -0.139. The molecule has 4 N–H and O–H groups in total. The summed E-state index contributed by atoms with van der Waals surface area (Å²) in [6.07, 6.45) is 16.6. The van der Waals surface area contributed by atoms with Gasteiger partial charge in [-0.1, -0.05) is 61.2 Å². The third-order valence-electron chi connectivity index (χ3n) is 15.3. The quantitative estimate of drug-likeness (QED) is 0.0790. The van der Waals surface area contributed by atoms with Crippen molar-refractivity contribution in [2.45, 2.75) is 95.7 Å². The lowest BCUT2D eigenvalue weighted by atomic mass is 9.87. The number of hydrogen-bond donors (Lipinski definition) is 4. The molecular formula is C57H62N8O8. The van der Waals surface area contributed by atoms with Gasteiger partial charge in [-0.15, -0.1) is 0 Å². The molecule has 0 unspecified atom stereocenters. The Morgan fingerprint density at radius 2 is 1.21 bits per heavy atom. The average molecular weight is 987 g/mol. The fourth-order valence-corrected chi connectivity index (χ4v) is 11.3. The van der Waals surface area contributed by atoms with Crippen LogP contribution < -0.4 is 20.1 Å². The molecule has 4 saturated heterocycles. The molecule has 2 aromatic heterocycles. The molecule has 73 heavy (non-hydrogen) atoms. The number of imidazole rings is 2. The summed E-state index contributed by atoms with van der Waals surface area (Å²) >= 11 is 0. The van der Waals surface area contributed by atoms with Crippen LogP contribution in [0, 0.1) is 11.8 Å². The van der Waals surface area contributed by atoms with Gasteiger partial charge in [-0.05, 0) is 93.7 Å². The average Bonchev–Trinajstić information content (AvgIpc) is 4.29. The van der Waals surface area contributed by atoms with Crippen molar-refractivity contribution in [3.8, 4) is 45.1 Å². The zero-order chi connectivity index (χ0) is 50.0. The molecule has 6 aliphatic heterocycles. The molecular weight excluding hydrogens is 925 g/mol. The van der Waals surface area contributed by atoms with Crippen LogP contribution in [0.2, 0.25) is 0 Å². The zero-order valence-corrected chi connectivity index (χ0v) is 41.2. The Morgan fingerprint density at radius 3 is 1.74 bits per heavy atom. The molecule has 8 heterocycles. The van der Waals surface area contributed by atoms with Gasteiger partial charge in [0, 0.05) is 84.7 Å². The van der Waals surface area contributed by atoms with Crippen molar-refractivity contribution < 1.29 is 38.1 Å². The van der Waals surface area contributed by atoms with Gasteiger partial charge in [0.1, 0.15) is 48.4 Å². The van der Waals surface area contributed by atoms with Gasteiger partial charge >= 0.3 is 0 Å². The molecule has 4 atom stereocenters. The van der Waals surface area contributed by atoms with Gasteiger partial charge in [-0.25, -0.2) is 9.97 Å². The summed E-state index contributed by atoms with van der Waals surface area (Å²) in [5.41, 5.74) is 8.63. The fraction of sp³-hybridized carbons (Fsp3) is 0.404. The number of nitrogens with zero attached hydrogens (tertiary/aromatic N) is 4. The van der Waals surface area contributed by atoms with Crippen LogP contribution in [0.1, 0.15) is 105 Å². The molecule has 378 valence electrons. The summed E-state index contributed by atoms with van der Waals surface area (Å²) in [5.74, 6) is 1.83. The van der Waals surface area contributed by atoms with E-state index in [0.29, 0.717) is 95.6 Å². The van der Waals surface area contributed by atoms with Crippen LogP contribution in [0.5, 0.6) is 11.5 Å². The Morgan fingerprint density at radius 1 is 0.685 bits per heavy atom. The summed E-state index contributed by atoms with van der Waals surface area (Å²) < 4.78 is 24.0. The Bertz CT molecular complexity index is 2920. The topological polar surface area (TPSA) is 193 Å². The second-order valence-corrected chi connectivity index (χ2v) is 19.9. The minimum absolute atomic E-state index is 0.120. The molecule has 3 aromatic carbocycles. The Kier molecular flexibility index (Phi) is 13.8. The Hall–Kier alpha value is -7.30. The van der Waals surface area contributed by atoms with Gasteiger partial charge in [0.05, 0.1) is 35.9 Å². The number of allylic oxidation sites excluding steroid dienone is 3. The SMILES string of the molecule is C=C(/C=C\C=C/C)[C@@H](NC(=O)C1CCOCC1)C(=O)N1CCC[C@H]1c1ncc(-c2cc3c4c(c2)OCc2cc(-c5cnc([C@@H]6CCCN6C(=O)[C@H](NC(=O)C6CCOCC6)c6ccccc6)[nH]5)cc(c2-4)OC3)[nH]1. The number of ether oxygens (including phenoxy) is 4. The monoisotopic (exact) mass is 986 g/mol. The van der Waals surface area contributed by atoms with Gasteiger partial charge in [0.15, 0.2) is 0 Å². The Labute approximate surface area is 424 Å². The maximum atomic E-state index is 14.5. The highest BCUT2D eigenvalue weighted by Gasteiger charge is 2.40. The largest absolute Gasteiger partial charge is 0.488 e. The first kappa shape index (κ1) is 48.0. The molecule has 0 radical (unpaired) electrons. The van der Waals surface area contributed by atoms with E-state index in [2.05, 4.69) is 39.3 Å². The van der Waals surface area contributed by atoms with E-state index in [4.69, 9.17) is 28.9 Å². The molecule has 0 saturated carbocycles. The highest BCUT2D eigenvalue weighted by molar-refractivity contribution is 5.93. The number of aromatic amines is 2. The van der Waals surface area contributed by atoms with Gasteiger partial charge < -0.3 is 49.3 Å². The lowest BCUT2D eigenvalue weighted by Gasteiger charge is -2.31. The van der Waals surface area contributed by atoms with E-state index >= 15 is 0 Å². The molecule has 5 aromatic rings. The normalized spacial score (nSPS) is 20.6. The summed E-state index contributed by atoms with van der Waals surface area (Å²) in [4.78, 5) is 76.3. The first-order valence-corrected chi connectivity index (χ1v) is 25.8. The third kappa shape index (κ3) is 9.73. The van der Waals surface area contributed by atoms with E-state index in [1.165, 1.54) is 0 Å². The van der Waals surface area contributed by atoms with E-state index in [0.717, 1.165) is 87.5 Å². The molecule has 16 nitrogen and oxygen atoms in total. The molecule has 6 aliphatic rings. The summed E-state index contributed by atoms with van der Waals surface area (Å²) in [6, 6.07) is 15.5. The van der Waals surface area contributed by atoms with Crippen molar-refractivity contribution >= 4 is 23.6 Å². The number of nitrogens with one attached hydrogen (secondary N) is 4. The zero-order valence-electron chi connectivity index (χ0n) is 41.2. The fourth-order valence-electron chi connectivity index (χ4n) is 11.3. The number of rotatable bonds is 14. The minimum atomic E-state index is -0.915. The van der Waals surface area contributed by atoms with Crippen LogP contribution in [0.25, 0.3) is 33.6 Å². The molecule has 4 fully saturated rings. The Balaban J connectivity index is 0.801. The van der Waals surface area contributed by atoms with E-state index in [1.54, 1.807) is 12.3 Å². The van der Waals surface area contributed by atoms with Crippen LogP contribution in [0.15, 0.2) is 103 Å². The minimum Gasteiger partial charge on any atom is -0.488 e. The lowest BCUT2D eigenvalue weighted by Crippen LogP contribution is -2.51. The second kappa shape index (κ2) is 21.0. The number of aromatic nitrogens is 4. The van der Waals surface area contributed by atoms with E-state index in [9.17, 15) is 19.2 Å². The highest BCUT2D eigenvalue weighted by atomic mass is 16.5.